The third-order valence-corrected chi connectivity index (χ3v) is 5.05. The number of ether oxygens (including phenoxy) is 4. The van der Waals surface area contributed by atoms with Crippen molar-refractivity contribution in [3.05, 3.63) is 83.4 Å². The first-order chi connectivity index (χ1) is 16.1. The lowest BCUT2D eigenvalue weighted by Crippen LogP contribution is -2.26. The van der Waals surface area contributed by atoms with Crippen molar-refractivity contribution in [1.82, 2.24) is 0 Å². The lowest BCUT2D eigenvalue weighted by molar-refractivity contribution is 0.0713. The molecule has 0 bridgehead atoms. The zero-order valence-electron chi connectivity index (χ0n) is 19.2. The quantitative estimate of drug-likeness (QED) is 0.298. The van der Waals surface area contributed by atoms with Crippen LogP contribution in [0, 0.1) is 11.6 Å². The molecule has 34 heavy (non-hydrogen) atoms. The summed E-state index contributed by atoms with van der Waals surface area (Å²) in [4.78, 5) is 24.6. The van der Waals surface area contributed by atoms with Crippen LogP contribution in [0.2, 0.25) is 0 Å². The number of methoxy groups -OCH3 is 1. The van der Waals surface area contributed by atoms with E-state index in [2.05, 4.69) is 0 Å². The molecule has 0 aliphatic heterocycles. The van der Waals surface area contributed by atoms with Crippen molar-refractivity contribution in [1.29, 1.82) is 0 Å². The molecule has 0 N–H and O–H groups in total. The molecule has 0 heterocycles. The molecule has 0 saturated heterocycles. The molecule has 3 rings (SSSR count). The van der Waals surface area contributed by atoms with Crippen molar-refractivity contribution < 1.29 is 37.3 Å². The summed E-state index contributed by atoms with van der Waals surface area (Å²) in [5, 5.41) is 0. The summed E-state index contributed by atoms with van der Waals surface area (Å²) in [6.07, 6.45) is 0.721. The molecule has 0 fully saturated rings. The van der Waals surface area contributed by atoms with Gasteiger partial charge in [0.1, 0.15) is 40.2 Å². The maximum absolute atomic E-state index is 14.5. The first-order valence-corrected chi connectivity index (χ1v) is 10.5. The van der Waals surface area contributed by atoms with Gasteiger partial charge < -0.3 is 18.9 Å². The molecule has 0 unspecified atom stereocenters. The first kappa shape index (κ1) is 24.7. The van der Waals surface area contributed by atoms with Crippen LogP contribution in [0.5, 0.6) is 23.0 Å². The molecule has 0 aliphatic carbocycles. The van der Waals surface area contributed by atoms with E-state index in [-0.39, 0.29) is 28.4 Å². The van der Waals surface area contributed by atoms with Crippen LogP contribution in [0.25, 0.3) is 0 Å². The Bertz CT molecular complexity index is 1190. The molecule has 0 radical (unpaired) electrons. The number of rotatable bonds is 8. The minimum absolute atomic E-state index is 0.103. The SMILES string of the molecule is CCC(C)(C)Oc1ccc(C(=O)Oc2ccc(OC(=O)c3ccc(OC)cc3F)cc2)c(F)c1. The number of carbonyl (C=O) groups is 2. The van der Waals surface area contributed by atoms with Gasteiger partial charge in [-0.2, -0.15) is 0 Å². The summed E-state index contributed by atoms with van der Waals surface area (Å²) >= 11 is 0. The van der Waals surface area contributed by atoms with Crippen molar-refractivity contribution in [2.45, 2.75) is 32.8 Å². The van der Waals surface area contributed by atoms with Gasteiger partial charge in [-0.25, -0.2) is 18.4 Å². The number of benzene rings is 3. The van der Waals surface area contributed by atoms with Gasteiger partial charge >= 0.3 is 11.9 Å². The fourth-order valence-corrected chi connectivity index (χ4v) is 2.80. The minimum atomic E-state index is -0.902. The summed E-state index contributed by atoms with van der Waals surface area (Å²) in [6.45, 7) is 5.70. The van der Waals surface area contributed by atoms with E-state index in [4.69, 9.17) is 18.9 Å². The van der Waals surface area contributed by atoms with Crippen LogP contribution in [0.4, 0.5) is 8.78 Å². The third kappa shape index (κ3) is 6.10. The molecule has 0 aromatic heterocycles. The maximum atomic E-state index is 14.5. The van der Waals surface area contributed by atoms with Gasteiger partial charge in [-0.3, -0.25) is 0 Å². The summed E-state index contributed by atoms with van der Waals surface area (Å²) in [6, 6.07) is 13.1. The molecule has 6 nitrogen and oxygen atoms in total. The molecule has 0 spiro atoms. The molecule has 0 saturated carbocycles. The second-order valence-electron chi connectivity index (χ2n) is 7.95. The van der Waals surface area contributed by atoms with Crippen molar-refractivity contribution in [3.8, 4) is 23.0 Å². The highest BCUT2D eigenvalue weighted by atomic mass is 19.1. The van der Waals surface area contributed by atoms with Gasteiger partial charge in [-0.15, -0.1) is 0 Å². The first-order valence-electron chi connectivity index (χ1n) is 10.5. The molecule has 8 heteroatoms. The maximum Gasteiger partial charge on any atom is 0.346 e. The third-order valence-electron chi connectivity index (χ3n) is 5.05. The average molecular weight is 470 g/mol. The van der Waals surface area contributed by atoms with Gasteiger partial charge in [0, 0.05) is 12.1 Å². The van der Waals surface area contributed by atoms with Crippen LogP contribution >= 0.6 is 0 Å². The summed E-state index contributed by atoms with van der Waals surface area (Å²) in [7, 11) is 1.38. The van der Waals surface area contributed by atoms with Crippen molar-refractivity contribution in [3.63, 3.8) is 0 Å². The van der Waals surface area contributed by atoms with Crippen LogP contribution in [0.1, 0.15) is 47.9 Å². The highest BCUT2D eigenvalue weighted by Crippen LogP contribution is 2.25. The normalized spacial score (nSPS) is 11.0. The highest BCUT2D eigenvalue weighted by molar-refractivity contribution is 5.92. The topological polar surface area (TPSA) is 71.1 Å². The van der Waals surface area contributed by atoms with Crippen LogP contribution in [0.3, 0.4) is 0 Å². The van der Waals surface area contributed by atoms with E-state index >= 15 is 0 Å². The van der Waals surface area contributed by atoms with Gasteiger partial charge in [0.15, 0.2) is 0 Å². The largest absolute Gasteiger partial charge is 0.497 e. The van der Waals surface area contributed by atoms with Crippen molar-refractivity contribution in [2.24, 2.45) is 0 Å². The fourth-order valence-electron chi connectivity index (χ4n) is 2.80. The van der Waals surface area contributed by atoms with E-state index in [0.29, 0.717) is 5.75 Å². The second kappa shape index (κ2) is 10.3. The Balaban J connectivity index is 1.64. The number of halogens is 2. The van der Waals surface area contributed by atoms with E-state index in [1.54, 1.807) is 0 Å². The second-order valence-corrected chi connectivity index (χ2v) is 7.95. The molecule has 0 aliphatic rings. The molecular weight excluding hydrogens is 446 g/mol. The molecule has 3 aromatic carbocycles. The zero-order chi connectivity index (χ0) is 24.9. The molecule has 178 valence electrons. The van der Waals surface area contributed by atoms with Crippen molar-refractivity contribution in [2.75, 3.05) is 7.11 Å². The molecule has 0 amide bonds. The van der Waals surface area contributed by atoms with Gasteiger partial charge in [0.25, 0.3) is 0 Å². The Morgan fingerprint density at radius 3 is 1.56 bits per heavy atom. The minimum Gasteiger partial charge on any atom is -0.497 e. The highest BCUT2D eigenvalue weighted by Gasteiger charge is 2.20. The van der Waals surface area contributed by atoms with Crippen LogP contribution in [-0.4, -0.2) is 24.6 Å². The van der Waals surface area contributed by atoms with Crippen LogP contribution in [0.15, 0.2) is 60.7 Å². The number of carbonyl (C=O) groups excluding carboxylic acids is 2. The summed E-state index contributed by atoms with van der Waals surface area (Å²) < 4.78 is 49.5. The van der Waals surface area contributed by atoms with E-state index in [1.165, 1.54) is 55.6 Å². The number of hydrogen-bond donors (Lipinski definition) is 0. The summed E-state index contributed by atoms with van der Waals surface area (Å²) in [5.74, 6) is -2.58. The van der Waals surface area contributed by atoms with E-state index in [0.717, 1.165) is 18.6 Å². The van der Waals surface area contributed by atoms with Gasteiger partial charge in [-0.05, 0) is 68.8 Å². The Morgan fingerprint density at radius 1 is 0.735 bits per heavy atom. The fraction of sp³-hybridized carbons (Fsp3) is 0.231. The van der Waals surface area contributed by atoms with E-state index in [1.807, 2.05) is 20.8 Å². The molecule has 3 aromatic rings. The van der Waals surface area contributed by atoms with Gasteiger partial charge in [0.05, 0.1) is 18.2 Å². The van der Waals surface area contributed by atoms with Gasteiger partial charge in [-0.1, -0.05) is 6.92 Å². The van der Waals surface area contributed by atoms with Crippen LogP contribution in [-0.2, 0) is 0 Å². The lowest BCUT2D eigenvalue weighted by atomic mass is 10.1. The summed E-state index contributed by atoms with van der Waals surface area (Å²) in [5.41, 5.74) is -0.993. The predicted molar refractivity (Wildman–Crippen MR) is 121 cm³/mol. The van der Waals surface area contributed by atoms with E-state index < -0.39 is 29.2 Å². The van der Waals surface area contributed by atoms with E-state index in [9.17, 15) is 18.4 Å². The average Bonchev–Trinajstić information content (AvgIpc) is 2.79. The standard InChI is InChI=1S/C26H24F2O6/c1-5-26(2,3)34-19-11-13-21(23(28)15-19)25(30)33-17-8-6-16(7-9-17)32-24(29)20-12-10-18(31-4)14-22(20)27/h6-15H,5H2,1-4H3. The van der Waals surface area contributed by atoms with Crippen LogP contribution < -0.4 is 18.9 Å². The van der Waals surface area contributed by atoms with Crippen molar-refractivity contribution >= 4 is 11.9 Å². The zero-order valence-corrected chi connectivity index (χ0v) is 19.2. The van der Waals surface area contributed by atoms with Gasteiger partial charge in [0.2, 0.25) is 0 Å². The molecular formula is C26H24F2O6. The number of hydrogen-bond acceptors (Lipinski definition) is 6. The smallest absolute Gasteiger partial charge is 0.346 e. The monoisotopic (exact) mass is 470 g/mol. The Kier molecular flexibility index (Phi) is 7.50. The molecule has 0 atom stereocenters. The number of esters is 2. The predicted octanol–water partition coefficient (Wildman–Crippen LogP) is 5.98. The Hall–Kier alpha value is -3.94. The lowest BCUT2D eigenvalue weighted by Gasteiger charge is -2.25. The Labute approximate surface area is 196 Å². The Morgan fingerprint density at radius 2 is 1.15 bits per heavy atom.